The Hall–Kier alpha value is -2.84. The van der Waals surface area contributed by atoms with E-state index >= 15 is 0 Å². The van der Waals surface area contributed by atoms with E-state index in [-0.39, 0.29) is 36.6 Å². The molecule has 0 radical (unpaired) electrons. The fraction of sp³-hybridized carbons (Fsp3) is 0.800. The summed E-state index contributed by atoms with van der Waals surface area (Å²) in [6.07, 6.45) is -2.20. The molecule has 9 nitrogen and oxygen atoms in total. The Morgan fingerprint density at radius 3 is 2.38 bits per heavy atom. The lowest BCUT2D eigenvalue weighted by Crippen LogP contribution is -2.68. The summed E-state index contributed by atoms with van der Waals surface area (Å²) in [4.78, 5) is 53.1. The highest BCUT2D eigenvalue weighted by Gasteiger charge is 2.70. The van der Waals surface area contributed by atoms with Crippen LogP contribution in [0.1, 0.15) is 52.9 Å². The van der Waals surface area contributed by atoms with E-state index in [1.54, 1.807) is 0 Å². The number of nitriles is 1. The van der Waals surface area contributed by atoms with Crippen molar-refractivity contribution >= 4 is 23.6 Å². The zero-order valence-corrected chi connectivity index (χ0v) is 21.2. The first kappa shape index (κ1) is 27.2. The third-order valence-electron chi connectivity index (χ3n) is 9.11. The maximum Gasteiger partial charge on any atom is 0.471 e. The van der Waals surface area contributed by atoms with Crippen LogP contribution in [0.15, 0.2) is 0 Å². The van der Waals surface area contributed by atoms with Crippen LogP contribution in [-0.2, 0) is 19.2 Å². The Balaban J connectivity index is 1.80. The van der Waals surface area contributed by atoms with Crippen molar-refractivity contribution in [3.8, 4) is 6.07 Å². The Bertz CT molecular complexity index is 1030. The molecule has 2 saturated heterocycles. The summed E-state index contributed by atoms with van der Waals surface area (Å²) in [5, 5.41) is 14.9. The van der Waals surface area contributed by atoms with Crippen LogP contribution in [0.3, 0.4) is 0 Å². The molecule has 2 aliphatic heterocycles. The number of alkyl halides is 3. The molecule has 5 unspecified atom stereocenters. The number of carbonyl (C=O) groups excluding carboxylic acids is 4. The summed E-state index contributed by atoms with van der Waals surface area (Å²) >= 11 is 0. The fourth-order valence-corrected chi connectivity index (χ4v) is 7.57. The lowest BCUT2D eigenvalue weighted by Gasteiger charge is -2.47. The predicted octanol–water partition coefficient (Wildman–Crippen LogP) is 1.47. The largest absolute Gasteiger partial charge is 0.471 e. The third kappa shape index (κ3) is 4.34. The number of likely N-dealkylation sites (tertiary alicyclic amines) is 1. The predicted molar refractivity (Wildman–Crippen MR) is 124 cm³/mol. The molecular formula is C25H34F3N5O4. The molecule has 4 aliphatic rings. The molecule has 2 bridgehead atoms. The van der Waals surface area contributed by atoms with Gasteiger partial charge in [0.2, 0.25) is 17.7 Å². The van der Waals surface area contributed by atoms with Gasteiger partial charge in [-0.2, -0.15) is 18.4 Å². The van der Waals surface area contributed by atoms with Gasteiger partial charge in [-0.25, -0.2) is 0 Å². The van der Waals surface area contributed by atoms with Gasteiger partial charge in [-0.15, -0.1) is 0 Å². The van der Waals surface area contributed by atoms with Gasteiger partial charge >= 0.3 is 12.1 Å². The summed E-state index contributed by atoms with van der Waals surface area (Å²) in [5.41, 5.74) is 3.13. The minimum atomic E-state index is -5.21. The topological polar surface area (TPSA) is 145 Å². The van der Waals surface area contributed by atoms with E-state index in [4.69, 9.17) is 5.73 Å². The molecule has 2 heterocycles. The lowest BCUT2D eigenvalue weighted by atomic mass is 9.64. The molecule has 37 heavy (non-hydrogen) atoms. The van der Waals surface area contributed by atoms with Crippen molar-refractivity contribution in [2.75, 3.05) is 13.1 Å². The van der Waals surface area contributed by atoms with Crippen molar-refractivity contribution in [1.82, 2.24) is 15.5 Å². The average Bonchev–Trinajstić information content (AvgIpc) is 3.55. The molecule has 0 aromatic rings. The van der Waals surface area contributed by atoms with Crippen LogP contribution in [0.25, 0.3) is 0 Å². The van der Waals surface area contributed by atoms with Crippen LogP contribution < -0.4 is 16.4 Å². The van der Waals surface area contributed by atoms with Crippen molar-refractivity contribution in [3.63, 3.8) is 0 Å². The van der Waals surface area contributed by atoms with Crippen molar-refractivity contribution < 1.29 is 32.3 Å². The highest BCUT2D eigenvalue weighted by Crippen LogP contribution is 2.63. The van der Waals surface area contributed by atoms with Gasteiger partial charge in [0, 0.05) is 24.9 Å². The number of nitrogens with zero attached hydrogens (tertiary/aromatic N) is 2. The number of carbonyl (C=O) groups is 4. The van der Waals surface area contributed by atoms with Crippen molar-refractivity contribution in [2.45, 2.75) is 70.6 Å². The van der Waals surface area contributed by atoms with Gasteiger partial charge in [0.1, 0.15) is 11.6 Å². The molecule has 4 fully saturated rings. The number of halogens is 3. The third-order valence-corrected chi connectivity index (χ3v) is 9.11. The maximum atomic E-state index is 14.1. The summed E-state index contributed by atoms with van der Waals surface area (Å²) < 4.78 is 39.5. The van der Waals surface area contributed by atoms with E-state index in [1.807, 2.05) is 5.32 Å². The molecule has 8 atom stereocenters. The number of hydrogen-bond donors (Lipinski definition) is 3. The number of fused-ring (bicyclic) bond motifs is 5. The Morgan fingerprint density at radius 1 is 1.22 bits per heavy atom. The average molecular weight is 526 g/mol. The molecule has 4 amide bonds. The normalized spacial score (nSPS) is 34.5. The second kappa shape index (κ2) is 9.17. The number of primary amides is 1. The highest BCUT2D eigenvalue weighted by atomic mass is 19.4. The van der Waals surface area contributed by atoms with Crippen LogP contribution in [0.5, 0.6) is 0 Å². The van der Waals surface area contributed by atoms with Gasteiger partial charge in [-0.1, -0.05) is 20.8 Å². The van der Waals surface area contributed by atoms with E-state index in [2.05, 4.69) is 11.4 Å². The van der Waals surface area contributed by atoms with E-state index in [0.717, 1.165) is 19.3 Å². The number of hydrogen-bond acceptors (Lipinski definition) is 5. The fourth-order valence-electron chi connectivity index (χ4n) is 7.57. The van der Waals surface area contributed by atoms with Crippen LogP contribution in [0.2, 0.25) is 0 Å². The van der Waals surface area contributed by atoms with Gasteiger partial charge in [0.05, 0.1) is 12.0 Å². The summed E-state index contributed by atoms with van der Waals surface area (Å²) in [6, 6.07) is 0.552. The van der Waals surface area contributed by atoms with Gasteiger partial charge < -0.3 is 21.3 Å². The monoisotopic (exact) mass is 525 g/mol. The molecule has 0 aromatic carbocycles. The van der Waals surface area contributed by atoms with Crippen LogP contribution in [-0.4, -0.2) is 59.4 Å². The number of nitrogens with one attached hydrogen (secondary N) is 2. The number of rotatable bonds is 6. The number of amides is 4. The van der Waals surface area contributed by atoms with Crippen LogP contribution in [0.4, 0.5) is 13.2 Å². The second-order valence-electron chi connectivity index (χ2n) is 12.1. The molecule has 2 saturated carbocycles. The Labute approximate surface area is 213 Å². The Morgan fingerprint density at radius 2 is 1.86 bits per heavy atom. The smallest absolute Gasteiger partial charge is 0.368 e. The van der Waals surface area contributed by atoms with Gasteiger partial charge in [-0.05, 0) is 55.3 Å². The zero-order chi connectivity index (χ0) is 27.5. The molecular weight excluding hydrogens is 491 g/mol. The van der Waals surface area contributed by atoms with E-state index in [1.165, 1.54) is 25.7 Å². The first-order valence-electron chi connectivity index (χ1n) is 12.8. The van der Waals surface area contributed by atoms with Gasteiger partial charge in [0.15, 0.2) is 0 Å². The van der Waals surface area contributed by atoms with Crippen LogP contribution in [0, 0.1) is 52.3 Å². The van der Waals surface area contributed by atoms with Crippen molar-refractivity contribution in [3.05, 3.63) is 0 Å². The van der Waals surface area contributed by atoms with E-state index < -0.39 is 58.6 Å². The van der Waals surface area contributed by atoms with E-state index in [9.17, 15) is 37.6 Å². The highest BCUT2D eigenvalue weighted by molar-refractivity contribution is 5.96. The van der Waals surface area contributed by atoms with Crippen molar-refractivity contribution in [1.29, 1.82) is 5.26 Å². The summed E-state index contributed by atoms with van der Waals surface area (Å²) in [5.74, 6) is -6.26. The maximum absolute atomic E-state index is 14.1. The molecule has 2 aliphatic carbocycles. The van der Waals surface area contributed by atoms with E-state index in [0.29, 0.717) is 13.0 Å². The Kier molecular flexibility index (Phi) is 6.74. The molecule has 0 aromatic heterocycles. The summed E-state index contributed by atoms with van der Waals surface area (Å²) in [6.45, 7) is 5.05. The number of nitrogens with two attached hydrogens (primary N) is 1. The quantitative estimate of drug-likeness (QED) is 0.481. The first-order chi connectivity index (χ1) is 17.1. The molecule has 204 valence electrons. The minimum Gasteiger partial charge on any atom is -0.368 e. The standard InChI is InChI=1S/C25H34F3N5O4/c1-23(2,3)18(32-22(37)25(26,27)28)20(35)33-11-16-12-4-5-13(8-12)17(16)24(33,21(30)36)15(10-29)9-14-6-7-31-19(14)34/h12-18H,4-9,11H2,1-3H3,(H2,30,36)(H,31,34)(H,32,37)/t12?,13?,14-,15-,16?,17?,18-,24?/m1/s1. The summed E-state index contributed by atoms with van der Waals surface area (Å²) in [7, 11) is 0. The SMILES string of the molecule is CC(C)(C)[C@H](NC(=O)C(F)(F)F)C(=O)N1CC2C3CCC(C3)C2C1(C(N)=O)[C@@H](C#N)C[C@H]1CCNC1=O. The van der Waals surface area contributed by atoms with Crippen LogP contribution >= 0.6 is 0 Å². The van der Waals surface area contributed by atoms with Gasteiger partial charge in [-0.3, -0.25) is 19.2 Å². The first-order valence-corrected chi connectivity index (χ1v) is 12.8. The molecule has 12 heteroatoms. The zero-order valence-electron chi connectivity index (χ0n) is 21.2. The molecule has 0 spiro atoms. The minimum absolute atomic E-state index is 0.00472. The van der Waals surface area contributed by atoms with Gasteiger partial charge in [0.25, 0.3) is 0 Å². The van der Waals surface area contributed by atoms with Crippen molar-refractivity contribution in [2.24, 2.45) is 46.7 Å². The lowest BCUT2D eigenvalue weighted by molar-refractivity contribution is -0.176. The molecule has 4 rings (SSSR count). The molecule has 4 N–H and O–H groups in total. The second-order valence-corrected chi connectivity index (χ2v) is 12.1.